The van der Waals surface area contributed by atoms with E-state index < -0.39 is 0 Å². The van der Waals surface area contributed by atoms with Crippen molar-refractivity contribution in [2.45, 2.75) is 13.0 Å². The Hall–Kier alpha value is -1.86. The van der Waals surface area contributed by atoms with E-state index in [1.54, 1.807) is 23.1 Å². The maximum absolute atomic E-state index is 11.7. The lowest BCUT2D eigenvalue weighted by molar-refractivity contribution is -0.117. The van der Waals surface area contributed by atoms with Gasteiger partial charge in [0.05, 0.1) is 12.3 Å². The second-order valence-corrected chi connectivity index (χ2v) is 3.72. The second kappa shape index (κ2) is 4.33. The normalized spacial score (nSPS) is 19.9. The maximum atomic E-state index is 11.7. The summed E-state index contributed by atoms with van der Waals surface area (Å²) in [7, 11) is 0. The predicted octanol–water partition coefficient (Wildman–Crippen LogP) is 0.560. The molecule has 0 radical (unpaired) electrons. The van der Waals surface area contributed by atoms with Gasteiger partial charge in [-0.1, -0.05) is 6.07 Å². The number of pyridine rings is 1. The van der Waals surface area contributed by atoms with Crippen LogP contribution in [0.5, 0.6) is 0 Å². The first-order valence-corrected chi connectivity index (χ1v) is 5.08. The molecule has 0 aliphatic carbocycles. The lowest BCUT2D eigenvalue weighted by atomic mass is 10.1. The monoisotopic (exact) mass is 216 g/mol. The summed E-state index contributed by atoms with van der Waals surface area (Å²) in [6.45, 7) is 0.381. The van der Waals surface area contributed by atoms with Gasteiger partial charge in [-0.05, 0) is 12.1 Å². The van der Waals surface area contributed by atoms with Gasteiger partial charge in [-0.3, -0.25) is 9.69 Å². The van der Waals surface area contributed by atoms with E-state index in [0.717, 1.165) is 0 Å². The molecule has 4 heteroatoms. The lowest BCUT2D eigenvalue weighted by Crippen LogP contribution is -2.25. The fourth-order valence-electron chi connectivity index (χ4n) is 1.75. The van der Waals surface area contributed by atoms with Crippen LogP contribution in [0.25, 0.3) is 0 Å². The Morgan fingerprint density at radius 2 is 2.44 bits per heavy atom. The van der Waals surface area contributed by atoms with Crippen molar-refractivity contribution in [3.05, 3.63) is 23.9 Å². The zero-order valence-electron chi connectivity index (χ0n) is 8.76. The summed E-state index contributed by atoms with van der Waals surface area (Å²) in [5.74, 6) is 3.10. The van der Waals surface area contributed by atoms with Crippen LogP contribution in [0.4, 0.5) is 5.82 Å². The fourth-order valence-corrected chi connectivity index (χ4v) is 1.75. The number of aliphatic hydroxyl groups excluding tert-OH is 1. The molecular formula is C12H12N2O2. The Kier molecular flexibility index (Phi) is 2.88. The van der Waals surface area contributed by atoms with E-state index in [1.165, 1.54) is 0 Å². The van der Waals surface area contributed by atoms with E-state index >= 15 is 0 Å². The summed E-state index contributed by atoms with van der Waals surface area (Å²) >= 11 is 0. The maximum Gasteiger partial charge on any atom is 0.229 e. The minimum Gasteiger partial charge on any atom is -0.390 e. The summed E-state index contributed by atoms with van der Waals surface area (Å²) in [6.07, 6.45) is 5.68. The first kappa shape index (κ1) is 10.7. The van der Waals surface area contributed by atoms with Gasteiger partial charge in [0.1, 0.15) is 5.82 Å². The number of carbonyl (C=O) groups is 1. The second-order valence-electron chi connectivity index (χ2n) is 3.72. The Morgan fingerprint density at radius 1 is 1.62 bits per heavy atom. The Bertz CT molecular complexity index is 451. The molecule has 0 saturated carbocycles. The summed E-state index contributed by atoms with van der Waals surface area (Å²) in [6, 6.07) is 5.23. The van der Waals surface area contributed by atoms with Gasteiger partial charge in [0.2, 0.25) is 5.91 Å². The summed E-state index contributed by atoms with van der Waals surface area (Å²) in [4.78, 5) is 17.4. The highest BCUT2D eigenvalue weighted by Gasteiger charge is 2.30. The molecule has 82 valence electrons. The Morgan fingerprint density at radius 3 is 3.06 bits per heavy atom. The van der Waals surface area contributed by atoms with Crippen molar-refractivity contribution in [3.8, 4) is 12.3 Å². The summed E-state index contributed by atoms with van der Waals surface area (Å²) in [5.41, 5.74) is 0.550. The molecule has 1 aliphatic rings. The Balaban J connectivity index is 2.24. The third-order valence-corrected chi connectivity index (χ3v) is 2.59. The number of carbonyl (C=O) groups excluding carboxylic acids is 1. The van der Waals surface area contributed by atoms with Gasteiger partial charge in [0, 0.05) is 18.9 Å². The van der Waals surface area contributed by atoms with Crippen molar-refractivity contribution < 1.29 is 9.90 Å². The number of hydrogen-bond acceptors (Lipinski definition) is 3. The highest BCUT2D eigenvalue weighted by molar-refractivity contribution is 5.95. The van der Waals surface area contributed by atoms with E-state index in [9.17, 15) is 4.79 Å². The molecule has 1 amide bonds. The largest absolute Gasteiger partial charge is 0.390 e. The molecule has 1 aromatic rings. The molecule has 1 aromatic heterocycles. The summed E-state index contributed by atoms with van der Waals surface area (Å²) < 4.78 is 0. The average molecular weight is 216 g/mol. The Labute approximate surface area is 93.9 Å². The van der Waals surface area contributed by atoms with Crippen LogP contribution in [0.15, 0.2) is 18.2 Å². The van der Waals surface area contributed by atoms with Crippen molar-refractivity contribution >= 4 is 11.7 Å². The van der Waals surface area contributed by atoms with Crippen LogP contribution in [0.2, 0.25) is 0 Å². The van der Waals surface area contributed by atoms with Crippen molar-refractivity contribution in [2.24, 2.45) is 5.92 Å². The van der Waals surface area contributed by atoms with E-state index in [4.69, 9.17) is 11.5 Å². The van der Waals surface area contributed by atoms with E-state index in [2.05, 4.69) is 10.9 Å². The van der Waals surface area contributed by atoms with Crippen LogP contribution >= 0.6 is 0 Å². The van der Waals surface area contributed by atoms with E-state index in [1.807, 2.05) is 0 Å². The number of amides is 1. The molecular weight excluding hydrogens is 204 g/mol. The minimum absolute atomic E-state index is 0.00876. The molecule has 2 rings (SSSR count). The quantitative estimate of drug-likeness (QED) is 0.735. The van der Waals surface area contributed by atoms with Gasteiger partial charge in [-0.25, -0.2) is 4.98 Å². The van der Waals surface area contributed by atoms with Gasteiger partial charge < -0.3 is 5.11 Å². The van der Waals surface area contributed by atoms with Crippen LogP contribution < -0.4 is 4.90 Å². The number of hydrogen-bond donors (Lipinski definition) is 1. The lowest BCUT2D eigenvalue weighted by Gasteiger charge is -2.15. The molecule has 1 aliphatic heterocycles. The molecule has 1 atom stereocenters. The topological polar surface area (TPSA) is 53.4 Å². The molecule has 4 nitrogen and oxygen atoms in total. The highest BCUT2D eigenvalue weighted by Crippen LogP contribution is 2.22. The number of anilines is 1. The number of nitrogens with zero attached hydrogens (tertiary/aromatic N) is 2. The summed E-state index contributed by atoms with van der Waals surface area (Å²) in [5, 5.41) is 8.97. The van der Waals surface area contributed by atoms with Gasteiger partial charge in [-0.15, -0.1) is 12.3 Å². The van der Waals surface area contributed by atoms with Gasteiger partial charge in [-0.2, -0.15) is 0 Å². The van der Waals surface area contributed by atoms with E-state index in [-0.39, 0.29) is 18.4 Å². The zero-order valence-corrected chi connectivity index (χ0v) is 8.76. The molecule has 1 saturated heterocycles. The first-order valence-electron chi connectivity index (χ1n) is 5.08. The molecule has 16 heavy (non-hydrogen) atoms. The number of aromatic nitrogens is 1. The molecule has 1 unspecified atom stereocenters. The fraction of sp³-hybridized carbons (Fsp3) is 0.333. The van der Waals surface area contributed by atoms with Crippen LogP contribution in [0.3, 0.4) is 0 Å². The third-order valence-electron chi connectivity index (χ3n) is 2.59. The molecule has 0 spiro atoms. The van der Waals surface area contributed by atoms with Crippen molar-refractivity contribution in [2.75, 3.05) is 11.4 Å². The third kappa shape index (κ3) is 1.90. The SMILES string of the molecule is C#CC1CC(=O)N(c2cccc(CO)n2)C1. The van der Waals surface area contributed by atoms with Gasteiger partial charge in [0.25, 0.3) is 0 Å². The number of terminal acetylenes is 1. The van der Waals surface area contributed by atoms with E-state index in [0.29, 0.717) is 24.5 Å². The van der Waals surface area contributed by atoms with Crippen LogP contribution in [-0.4, -0.2) is 22.5 Å². The standard InChI is InChI=1S/C12H12N2O2/c1-2-9-6-12(16)14(7-9)11-5-3-4-10(8-15)13-11/h1,3-5,9,15H,6-8H2. The van der Waals surface area contributed by atoms with Gasteiger partial charge in [0.15, 0.2) is 0 Å². The van der Waals surface area contributed by atoms with Crippen molar-refractivity contribution in [3.63, 3.8) is 0 Å². The first-order chi connectivity index (χ1) is 7.74. The minimum atomic E-state index is -0.131. The molecule has 2 heterocycles. The smallest absolute Gasteiger partial charge is 0.229 e. The van der Waals surface area contributed by atoms with Crippen molar-refractivity contribution in [1.82, 2.24) is 4.98 Å². The van der Waals surface area contributed by atoms with Crippen LogP contribution in [0, 0.1) is 18.3 Å². The van der Waals surface area contributed by atoms with Crippen LogP contribution in [-0.2, 0) is 11.4 Å². The van der Waals surface area contributed by atoms with Crippen LogP contribution in [0.1, 0.15) is 12.1 Å². The molecule has 1 N–H and O–H groups in total. The zero-order chi connectivity index (χ0) is 11.5. The van der Waals surface area contributed by atoms with Gasteiger partial charge >= 0.3 is 0 Å². The number of aliphatic hydroxyl groups is 1. The van der Waals surface area contributed by atoms with Crippen molar-refractivity contribution in [1.29, 1.82) is 0 Å². The highest BCUT2D eigenvalue weighted by atomic mass is 16.3. The molecule has 0 bridgehead atoms. The predicted molar refractivity (Wildman–Crippen MR) is 59.5 cm³/mol. The molecule has 0 aromatic carbocycles. The number of rotatable bonds is 2. The average Bonchev–Trinajstić information content (AvgIpc) is 2.71. The molecule has 1 fully saturated rings.